The molecular formula is C10H13Cl2F3O4. The van der Waals surface area contributed by atoms with E-state index in [0.717, 1.165) is 0 Å². The van der Waals surface area contributed by atoms with Crippen LogP contribution >= 0.6 is 23.2 Å². The molecule has 1 heterocycles. The maximum Gasteiger partial charge on any atom is 0.399 e. The van der Waals surface area contributed by atoms with Crippen LogP contribution in [0.4, 0.5) is 13.2 Å². The maximum atomic E-state index is 11.9. The van der Waals surface area contributed by atoms with Gasteiger partial charge in [-0.25, -0.2) is 0 Å². The minimum Gasteiger partial charge on any atom is -0.460 e. The molecule has 9 heteroatoms. The van der Waals surface area contributed by atoms with Crippen molar-refractivity contribution in [3.8, 4) is 0 Å². The minimum atomic E-state index is -4.60. The fourth-order valence-corrected chi connectivity index (χ4v) is 2.10. The lowest BCUT2D eigenvalue weighted by Crippen LogP contribution is -2.35. The number of hydrogen-bond donors (Lipinski definition) is 0. The van der Waals surface area contributed by atoms with Gasteiger partial charge in [0.15, 0.2) is 0 Å². The summed E-state index contributed by atoms with van der Waals surface area (Å²) in [5, 5.41) is 0. The molecule has 1 aliphatic rings. The van der Waals surface area contributed by atoms with Gasteiger partial charge in [-0.05, 0) is 6.92 Å². The van der Waals surface area contributed by atoms with Crippen molar-refractivity contribution < 1.29 is 32.2 Å². The lowest BCUT2D eigenvalue weighted by atomic mass is 10.3. The normalized spacial score (nSPS) is 31.5. The number of halogens is 5. The second-order valence-corrected chi connectivity index (χ2v) is 4.82. The zero-order valence-electron chi connectivity index (χ0n) is 10.0. The molecule has 0 bridgehead atoms. The molecule has 1 aliphatic heterocycles. The summed E-state index contributed by atoms with van der Waals surface area (Å²) in [5.41, 5.74) is 0. The van der Waals surface area contributed by atoms with Crippen LogP contribution in [-0.2, 0) is 19.0 Å². The molecule has 1 saturated heterocycles. The van der Waals surface area contributed by atoms with Gasteiger partial charge < -0.3 is 14.2 Å². The smallest absolute Gasteiger partial charge is 0.399 e. The molecule has 0 radical (unpaired) electrons. The summed E-state index contributed by atoms with van der Waals surface area (Å²) in [6, 6.07) is 0. The first-order valence-corrected chi connectivity index (χ1v) is 6.46. The van der Waals surface area contributed by atoms with Crippen LogP contribution in [0.15, 0.2) is 0 Å². The first-order chi connectivity index (χ1) is 8.69. The molecule has 0 aromatic heterocycles. The van der Waals surface area contributed by atoms with Crippen LogP contribution in [0.5, 0.6) is 0 Å². The standard InChI is InChI=1S/C10H13Cl2F3O4/c1-9(5-17-8(16)2-10(13,14)15)18-6(3-11)7(4-12)19-9/h6-7H,2-5H2,1H3. The van der Waals surface area contributed by atoms with E-state index in [1.165, 1.54) is 6.92 Å². The van der Waals surface area contributed by atoms with Gasteiger partial charge in [-0.2, -0.15) is 13.2 Å². The molecule has 0 spiro atoms. The van der Waals surface area contributed by atoms with E-state index in [2.05, 4.69) is 4.74 Å². The Kier molecular flexibility index (Phi) is 5.73. The molecule has 2 unspecified atom stereocenters. The molecule has 2 atom stereocenters. The highest BCUT2D eigenvalue weighted by Gasteiger charge is 2.45. The summed E-state index contributed by atoms with van der Waals surface area (Å²) in [5.74, 6) is -2.49. The Morgan fingerprint density at radius 1 is 1.26 bits per heavy atom. The number of hydrogen-bond acceptors (Lipinski definition) is 4. The van der Waals surface area contributed by atoms with Gasteiger partial charge in [0.05, 0.1) is 11.8 Å². The van der Waals surface area contributed by atoms with Crippen molar-refractivity contribution in [3.05, 3.63) is 0 Å². The van der Waals surface area contributed by atoms with Crippen molar-refractivity contribution in [2.24, 2.45) is 0 Å². The van der Waals surface area contributed by atoms with Crippen molar-refractivity contribution in [2.75, 3.05) is 18.4 Å². The van der Waals surface area contributed by atoms with E-state index in [1.54, 1.807) is 0 Å². The Hall–Kier alpha value is -0.240. The molecule has 19 heavy (non-hydrogen) atoms. The molecule has 4 nitrogen and oxygen atoms in total. The highest BCUT2D eigenvalue weighted by atomic mass is 35.5. The number of esters is 1. The van der Waals surface area contributed by atoms with Gasteiger partial charge in [-0.15, -0.1) is 23.2 Å². The van der Waals surface area contributed by atoms with E-state index < -0.39 is 43.2 Å². The third kappa shape index (κ3) is 5.33. The molecule has 0 aliphatic carbocycles. The van der Waals surface area contributed by atoms with Gasteiger partial charge in [0, 0.05) is 0 Å². The van der Waals surface area contributed by atoms with E-state index >= 15 is 0 Å². The van der Waals surface area contributed by atoms with E-state index in [9.17, 15) is 18.0 Å². The van der Waals surface area contributed by atoms with Gasteiger partial charge in [0.1, 0.15) is 25.2 Å². The Morgan fingerprint density at radius 3 is 2.11 bits per heavy atom. The van der Waals surface area contributed by atoms with E-state index in [4.69, 9.17) is 32.7 Å². The van der Waals surface area contributed by atoms with E-state index in [0.29, 0.717) is 0 Å². The van der Waals surface area contributed by atoms with Crippen molar-refractivity contribution in [3.63, 3.8) is 0 Å². The summed E-state index contributed by atoms with van der Waals surface area (Å²) < 4.78 is 51.1. The second-order valence-electron chi connectivity index (χ2n) is 4.21. The van der Waals surface area contributed by atoms with Crippen molar-refractivity contribution in [1.29, 1.82) is 0 Å². The Bertz CT molecular complexity index is 312. The third-order valence-electron chi connectivity index (χ3n) is 2.36. The fourth-order valence-electron chi connectivity index (χ4n) is 1.58. The van der Waals surface area contributed by atoms with Gasteiger partial charge in [0.25, 0.3) is 0 Å². The van der Waals surface area contributed by atoms with E-state index in [-0.39, 0.29) is 11.8 Å². The highest BCUT2D eigenvalue weighted by Crippen LogP contribution is 2.30. The van der Waals surface area contributed by atoms with Crippen molar-refractivity contribution >= 4 is 29.2 Å². The zero-order chi connectivity index (χ0) is 14.7. The summed E-state index contributed by atoms with van der Waals surface area (Å²) in [4.78, 5) is 11.0. The average molecular weight is 325 g/mol. The molecule has 0 N–H and O–H groups in total. The number of carbonyl (C=O) groups excluding carboxylic acids is 1. The first kappa shape index (κ1) is 16.8. The molecule has 0 saturated carbocycles. The van der Waals surface area contributed by atoms with Crippen molar-refractivity contribution in [1.82, 2.24) is 0 Å². The lowest BCUT2D eigenvalue weighted by Gasteiger charge is -2.23. The van der Waals surface area contributed by atoms with Gasteiger partial charge in [0.2, 0.25) is 5.79 Å². The maximum absolute atomic E-state index is 11.9. The molecule has 1 fully saturated rings. The highest BCUT2D eigenvalue weighted by molar-refractivity contribution is 6.19. The van der Waals surface area contributed by atoms with Crippen LogP contribution in [0.25, 0.3) is 0 Å². The van der Waals surface area contributed by atoms with Crippen molar-refractivity contribution in [2.45, 2.75) is 37.5 Å². The largest absolute Gasteiger partial charge is 0.460 e. The summed E-state index contributed by atoms with van der Waals surface area (Å²) in [6.45, 7) is 0.989. The Morgan fingerprint density at radius 2 is 1.74 bits per heavy atom. The van der Waals surface area contributed by atoms with Crippen LogP contribution in [0, 0.1) is 0 Å². The third-order valence-corrected chi connectivity index (χ3v) is 2.97. The number of carbonyl (C=O) groups is 1. The Labute approximate surface area is 118 Å². The second kappa shape index (κ2) is 6.47. The number of ether oxygens (including phenoxy) is 3. The topological polar surface area (TPSA) is 44.8 Å². The molecule has 112 valence electrons. The van der Waals surface area contributed by atoms with Gasteiger partial charge in [-0.1, -0.05) is 0 Å². The minimum absolute atomic E-state index is 0.115. The molecule has 0 aromatic rings. The Balaban J connectivity index is 2.47. The SMILES string of the molecule is CC1(COC(=O)CC(F)(F)F)OC(CCl)C(CCl)O1. The molecule has 1 rings (SSSR count). The first-order valence-electron chi connectivity index (χ1n) is 5.39. The fraction of sp³-hybridized carbons (Fsp3) is 0.900. The molecule has 0 amide bonds. The zero-order valence-corrected chi connectivity index (χ0v) is 11.5. The van der Waals surface area contributed by atoms with Gasteiger partial charge in [-0.3, -0.25) is 4.79 Å². The monoisotopic (exact) mass is 324 g/mol. The number of rotatable bonds is 5. The summed E-state index contributed by atoms with van der Waals surface area (Å²) in [6.07, 6.45) is -7.25. The lowest BCUT2D eigenvalue weighted by molar-refractivity contribution is -0.206. The van der Waals surface area contributed by atoms with Gasteiger partial charge >= 0.3 is 12.1 Å². The van der Waals surface area contributed by atoms with Crippen LogP contribution in [0.3, 0.4) is 0 Å². The number of alkyl halides is 5. The molecule has 0 aromatic carbocycles. The summed E-state index contributed by atoms with van der Waals surface area (Å²) in [7, 11) is 0. The quantitative estimate of drug-likeness (QED) is 0.575. The van der Waals surface area contributed by atoms with Crippen LogP contribution in [-0.4, -0.2) is 48.5 Å². The predicted molar refractivity (Wildman–Crippen MR) is 61.2 cm³/mol. The van der Waals surface area contributed by atoms with Crippen LogP contribution < -0.4 is 0 Å². The summed E-state index contributed by atoms with van der Waals surface area (Å²) >= 11 is 11.3. The van der Waals surface area contributed by atoms with E-state index in [1.807, 2.05) is 0 Å². The average Bonchev–Trinajstić information content (AvgIpc) is 2.62. The molecular weight excluding hydrogens is 312 g/mol. The van der Waals surface area contributed by atoms with Crippen LogP contribution in [0.2, 0.25) is 0 Å². The van der Waals surface area contributed by atoms with Crippen LogP contribution in [0.1, 0.15) is 13.3 Å². The predicted octanol–water partition coefficient (Wildman–Crippen LogP) is 2.46.